The van der Waals surface area contributed by atoms with E-state index in [0.717, 1.165) is 6.26 Å². The van der Waals surface area contributed by atoms with Crippen molar-refractivity contribution in [3.8, 4) is 11.5 Å². The first-order chi connectivity index (χ1) is 16.2. The van der Waals surface area contributed by atoms with Gasteiger partial charge in [0.2, 0.25) is 0 Å². The van der Waals surface area contributed by atoms with Crippen LogP contribution in [0.4, 0.5) is 5.82 Å². The van der Waals surface area contributed by atoms with Crippen molar-refractivity contribution in [1.82, 2.24) is 14.7 Å². The average molecular weight is 485 g/mol. The molecule has 0 bridgehead atoms. The van der Waals surface area contributed by atoms with Gasteiger partial charge in [-0.25, -0.2) is 8.42 Å². The molecule has 1 aliphatic heterocycles. The van der Waals surface area contributed by atoms with Crippen molar-refractivity contribution < 1.29 is 27.5 Å². The van der Waals surface area contributed by atoms with Crippen LogP contribution >= 0.6 is 0 Å². The van der Waals surface area contributed by atoms with Crippen LogP contribution in [0.25, 0.3) is 0 Å². The summed E-state index contributed by atoms with van der Waals surface area (Å²) < 4.78 is 36.2. The Morgan fingerprint density at radius 1 is 1.18 bits per heavy atom. The van der Waals surface area contributed by atoms with E-state index in [-0.39, 0.29) is 16.4 Å². The van der Waals surface area contributed by atoms with Gasteiger partial charge in [0, 0.05) is 55.9 Å². The zero-order chi connectivity index (χ0) is 24.5. The molecule has 2 aromatic carbocycles. The Kier molecular flexibility index (Phi) is 6.40. The van der Waals surface area contributed by atoms with E-state index >= 15 is 0 Å². The number of nitrogens with zero attached hydrogens (tertiary/aromatic N) is 3. The maximum absolute atomic E-state index is 13.0. The molecule has 2 heterocycles. The molecule has 0 unspecified atom stereocenters. The highest BCUT2D eigenvalue weighted by atomic mass is 32.2. The number of anilines is 1. The fraction of sp³-hybridized carbons (Fsp3) is 0.261. The van der Waals surface area contributed by atoms with Gasteiger partial charge in [0.05, 0.1) is 18.0 Å². The molecule has 11 heteroatoms. The van der Waals surface area contributed by atoms with Gasteiger partial charge in [0.25, 0.3) is 11.8 Å². The lowest BCUT2D eigenvalue weighted by Crippen LogP contribution is -2.27. The number of ether oxygens (including phenoxy) is 2. The highest BCUT2D eigenvalue weighted by Crippen LogP contribution is 2.35. The lowest BCUT2D eigenvalue weighted by molar-refractivity contribution is 0.0719. The van der Waals surface area contributed by atoms with Crippen LogP contribution in [-0.4, -0.2) is 61.4 Å². The van der Waals surface area contributed by atoms with Gasteiger partial charge in [-0.2, -0.15) is 5.10 Å². The van der Waals surface area contributed by atoms with Gasteiger partial charge in [-0.15, -0.1) is 0 Å². The number of aryl methyl sites for hydroxylation is 1. The van der Waals surface area contributed by atoms with Crippen LogP contribution in [0.2, 0.25) is 0 Å². The van der Waals surface area contributed by atoms with Crippen molar-refractivity contribution in [3.05, 3.63) is 65.4 Å². The van der Waals surface area contributed by atoms with Crippen LogP contribution in [0.15, 0.2) is 53.6 Å². The van der Waals surface area contributed by atoms with Crippen molar-refractivity contribution in [2.24, 2.45) is 7.05 Å². The number of sulfone groups is 1. The third-order valence-corrected chi connectivity index (χ3v) is 6.47. The smallest absolute Gasteiger partial charge is 0.257 e. The predicted molar refractivity (Wildman–Crippen MR) is 124 cm³/mol. The molecule has 1 aromatic heterocycles. The molecule has 10 nitrogen and oxygen atoms in total. The Balaban J connectivity index is 1.68. The van der Waals surface area contributed by atoms with Crippen molar-refractivity contribution in [1.29, 1.82) is 0 Å². The lowest BCUT2D eigenvalue weighted by atomic mass is 10.0. The minimum absolute atomic E-state index is 0.162. The fourth-order valence-corrected chi connectivity index (χ4v) is 4.22. The van der Waals surface area contributed by atoms with Gasteiger partial charge in [0.1, 0.15) is 11.5 Å². The van der Waals surface area contributed by atoms with E-state index in [0.29, 0.717) is 48.1 Å². The minimum Gasteiger partial charge on any atom is -0.457 e. The zero-order valence-corrected chi connectivity index (χ0v) is 19.8. The molecule has 0 atom stereocenters. The van der Waals surface area contributed by atoms with Crippen molar-refractivity contribution in [2.75, 3.05) is 31.8 Å². The molecule has 0 fully saturated rings. The van der Waals surface area contributed by atoms with E-state index in [1.807, 2.05) is 0 Å². The highest BCUT2D eigenvalue weighted by molar-refractivity contribution is 7.90. The van der Waals surface area contributed by atoms with Gasteiger partial charge in [-0.05, 0) is 36.4 Å². The van der Waals surface area contributed by atoms with Gasteiger partial charge >= 0.3 is 0 Å². The van der Waals surface area contributed by atoms with Crippen LogP contribution in [0.5, 0.6) is 11.5 Å². The molecule has 1 aliphatic rings. The van der Waals surface area contributed by atoms with Crippen molar-refractivity contribution in [2.45, 2.75) is 11.4 Å². The number of hydrogen-bond donors (Lipinski definition) is 1. The Bertz CT molecular complexity index is 1350. The number of carbonyl (C=O) groups excluding carboxylic acids is 2. The van der Waals surface area contributed by atoms with Gasteiger partial charge in [0.15, 0.2) is 15.7 Å². The predicted octanol–water partition coefficient (Wildman–Crippen LogP) is 2.47. The topological polar surface area (TPSA) is 120 Å². The second-order valence-corrected chi connectivity index (χ2v) is 9.91. The number of nitrogens with one attached hydrogen (secondary N) is 1. The molecule has 0 aliphatic carbocycles. The standard InChI is InChI=1S/C23H24N4O6S/c1-26-9-8-21(25-26)24-22(28)15-12-18-19(14-27(23(18)29)10-11-32-2)20(13-15)33-16-4-6-17(7-5-16)34(3,30)31/h4-9,12-13H,10-11,14H2,1-3H3,(H,24,25,28). The quantitative estimate of drug-likeness (QED) is 0.522. The van der Waals surface area contributed by atoms with Crippen LogP contribution in [0.3, 0.4) is 0 Å². The van der Waals surface area contributed by atoms with Gasteiger partial charge in [-0.1, -0.05) is 0 Å². The van der Waals surface area contributed by atoms with E-state index in [9.17, 15) is 18.0 Å². The summed E-state index contributed by atoms with van der Waals surface area (Å²) >= 11 is 0. The second kappa shape index (κ2) is 9.27. The van der Waals surface area contributed by atoms with E-state index < -0.39 is 15.7 Å². The summed E-state index contributed by atoms with van der Waals surface area (Å²) in [6.45, 7) is 1.06. The first kappa shape index (κ1) is 23.5. The maximum atomic E-state index is 13.0. The first-order valence-electron chi connectivity index (χ1n) is 10.4. The number of methoxy groups -OCH3 is 1. The lowest BCUT2D eigenvalue weighted by Gasteiger charge is -2.15. The molecule has 1 N–H and O–H groups in total. The van der Waals surface area contributed by atoms with E-state index in [2.05, 4.69) is 10.4 Å². The van der Waals surface area contributed by atoms with Crippen LogP contribution < -0.4 is 10.1 Å². The molecule has 3 aromatic rings. The first-order valence-corrected chi connectivity index (χ1v) is 12.3. The molecule has 2 amide bonds. The Morgan fingerprint density at radius 3 is 2.53 bits per heavy atom. The minimum atomic E-state index is -3.35. The summed E-state index contributed by atoms with van der Waals surface area (Å²) in [5.74, 6) is 0.419. The number of aromatic nitrogens is 2. The number of fused-ring (bicyclic) bond motifs is 1. The molecule has 0 radical (unpaired) electrons. The Morgan fingerprint density at radius 2 is 1.91 bits per heavy atom. The SMILES string of the molecule is COCCN1Cc2c(Oc3ccc(S(C)(=O)=O)cc3)cc(C(=O)Nc3ccn(C)n3)cc2C1=O. The van der Waals surface area contributed by atoms with Crippen LogP contribution in [0, 0.1) is 0 Å². The van der Waals surface area contributed by atoms with Gasteiger partial charge in [-0.3, -0.25) is 14.3 Å². The number of amides is 2. The number of rotatable bonds is 8. The molecule has 178 valence electrons. The highest BCUT2D eigenvalue weighted by Gasteiger charge is 2.32. The largest absolute Gasteiger partial charge is 0.457 e. The average Bonchev–Trinajstić information content (AvgIpc) is 3.34. The summed E-state index contributed by atoms with van der Waals surface area (Å²) in [6.07, 6.45) is 2.82. The van der Waals surface area contributed by atoms with Crippen molar-refractivity contribution in [3.63, 3.8) is 0 Å². The molecular weight excluding hydrogens is 460 g/mol. The van der Waals surface area contributed by atoms with E-state index in [4.69, 9.17) is 9.47 Å². The monoisotopic (exact) mass is 484 g/mol. The number of benzene rings is 2. The summed E-state index contributed by atoms with van der Waals surface area (Å²) in [4.78, 5) is 27.7. The number of hydrogen-bond acceptors (Lipinski definition) is 7. The molecule has 0 saturated heterocycles. The zero-order valence-electron chi connectivity index (χ0n) is 18.9. The van der Waals surface area contributed by atoms with E-state index in [1.54, 1.807) is 48.1 Å². The summed E-state index contributed by atoms with van der Waals surface area (Å²) in [7, 11) is -0.0573. The summed E-state index contributed by atoms with van der Waals surface area (Å²) in [5, 5.41) is 6.85. The Hall–Kier alpha value is -3.70. The molecule has 4 rings (SSSR count). The van der Waals surface area contributed by atoms with Gasteiger partial charge < -0.3 is 19.7 Å². The van der Waals surface area contributed by atoms with Crippen LogP contribution in [-0.2, 0) is 28.2 Å². The summed E-state index contributed by atoms with van der Waals surface area (Å²) in [6, 6.07) is 10.7. The Labute approximate surface area is 197 Å². The molecular formula is C23H24N4O6S. The van der Waals surface area contributed by atoms with Crippen molar-refractivity contribution >= 4 is 27.5 Å². The fourth-order valence-electron chi connectivity index (χ4n) is 3.59. The third kappa shape index (κ3) is 4.95. The summed E-state index contributed by atoms with van der Waals surface area (Å²) in [5.41, 5.74) is 1.24. The molecule has 0 saturated carbocycles. The van der Waals surface area contributed by atoms with Crippen LogP contribution in [0.1, 0.15) is 26.3 Å². The normalized spacial score (nSPS) is 13.1. The van der Waals surface area contributed by atoms with E-state index in [1.165, 1.54) is 24.3 Å². The number of carbonyl (C=O) groups is 2. The second-order valence-electron chi connectivity index (χ2n) is 7.89. The molecule has 34 heavy (non-hydrogen) atoms. The maximum Gasteiger partial charge on any atom is 0.257 e. The third-order valence-electron chi connectivity index (χ3n) is 5.34. The molecule has 0 spiro atoms.